The van der Waals surface area contributed by atoms with E-state index >= 15 is 0 Å². The third-order valence-electron chi connectivity index (χ3n) is 5.59. The van der Waals surface area contributed by atoms with Crippen molar-refractivity contribution < 1.29 is 18.7 Å². The van der Waals surface area contributed by atoms with Gasteiger partial charge in [0.1, 0.15) is 0 Å². The van der Waals surface area contributed by atoms with E-state index in [1.165, 1.54) is 69.0 Å². The summed E-state index contributed by atoms with van der Waals surface area (Å²) < 4.78 is 10.3. The van der Waals surface area contributed by atoms with Gasteiger partial charge >= 0.3 is 5.97 Å². The Morgan fingerprint density at radius 1 is 0.968 bits per heavy atom. The molecule has 0 saturated heterocycles. The third kappa shape index (κ3) is 13.1. The summed E-state index contributed by atoms with van der Waals surface area (Å²) in [6, 6.07) is 3.17. The van der Waals surface area contributed by atoms with Crippen molar-refractivity contribution >= 4 is 11.9 Å². The molecule has 0 bridgehead atoms. The summed E-state index contributed by atoms with van der Waals surface area (Å²) in [5.74, 6) is -0.416. The van der Waals surface area contributed by atoms with Gasteiger partial charge in [-0.05, 0) is 51.2 Å². The SMILES string of the molecule is CCCCCCCC/C=C\CCCCCCCC(=O)N(C)C(C)OC(=O)c1ccco1. The lowest BCUT2D eigenvalue weighted by Gasteiger charge is -2.24. The summed E-state index contributed by atoms with van der Waals surface area (Å²) in [5.41, 5.74) is 0. The molecule has 5 heteroatoms. The molecule has 1 rings (SSSR count). The number of rotatable bonds is 18. The van der Waals surface area contributed by atoms with Crippen LogP contribution in [0.15, 0.2) is 35.0 Å². The van der Waals surface area contributed by atoms with E-state index in [0.29, 0.717) is 6.42 Å². The number of esters is 1. The fourth-order valence-corrected chi connectivity index (χ4v) is 3.41. The van der Waals surface area contributed by atoms with E-state index in [1.54, 1.807) is 26.1 Å². The molecule has 0 aromatic carbocycles. The maximum absolute atomic E-state index is 12.3. The van der Waals surface area contributed by atoms with Gasteiger partial charge in [0.15, 0.2) is 6.23 Å². The normalized spacial score (nSPS) is 12.2. The second-order valence-corrected chi connectivity index (χ2v) is 8.32. The zero-order valence-corrected chi connectivity index (χ0v) is 19.9. The molecular weight excluding hydrogens is 390 g/mol. The van der Waals surface area contributed by atoms with Gasteiger partial charge in [0.25, 0.3) is 0 Å². The van der Waals surface area contributed by atoms with Gasteiger partial charge in [-0.1, -0.05) is 70.4 Å². The molecule has 1 aromatic rings. The van der Waals surface area contributed by atoms with E-state index < -0.39 is 12.2 Å². The lowest BCUT2D eigenvalue weighted by molar-refractivity contribution is -0.138. The van der Waals surface area contributed by atoms with E-state index in [2.05, 4.69) is 19.1 Å². The Kier molecular flexibility index (Phi) is 15.3. The molecule has 31 heavy (non-hydrogen) atoms. The molecule has 1 heterocycles. The van der Waals surface area contributed by atoms with Gasteiger partial charge in [-0.2, -0.15) is 0 Å². The number of furan rings is 1. The fraction of sp³-hybridized carbons (Fsp3) is 0.692. The second kappa shape index (κ2) is 17.6. The lowest BCUT2D eigenvalue weighted by atomic mass is 10.1. The van der Waals surface area contributed by atoms with E-state index in [9.17, 15) is 9.59 Å². The smallest absolute Gasteiger partial charge is 0.376 e. The van der Waals surface area contributed by atoms with Crippen molar-refractivity contribution in [3.63, 3.8) is 0 Å². The molecule has 0 saturated carbocycles. The standard InChI is InChI=1S/C26H43NO4/c1-4-5-6-7-8-9-10-11-12-13-14-15-16-17-18-21-25(28)27(3)23(2)31-26(29)24-20-19-22-30-24/h11-12,19-20,22-23H,4-10,13-18,21H2,1-3H3/b12-11-. The Balaban J connectivity index is 1.97. The maximum Gasteiger partial charge on any atom is 0.376 e. The van der Waals surface area contributed by atoms with Crippen molar-refractivity contribution in [1.29, 1.82) is 0 Å². The molecule has 0 aliphatic heterocycles. The largest absolute Gasteiger partial charge is 0.457 e. The average molecular weight is 434 g/mol. The first kappa shape index (κ1) is 27.0. The minimum Gasteiger partial charge on any atom is -0.457 e. The monoisotopic (exact) mass is 433 g/mol. The van der Waals surface area contributed by atoms with Crippen LogP contribution in [0.4, 0.5) is 0 Å². The summed E-state index contributed by atoms with van der Waals surface area (Å²) in [5, 5.41) is 0. The summed E-state index contributed by atoms with van der Waals surface area (Å²) in [4.78, 5) is 25.7. The number of unbranched alkanes of at least 4 members (excludes halogenated alkanes) is 11. The first-order chi connectivity index (χ1) is 15.1. The number of amides is 1. The molecule has 5 nitrogen and oxygen atoms in total. The highest BCUT2D eigenvalue weighted by Crippen LogP contribution is 2.12. The minimum atomic E-state index is -0.617. The Morgan fingerprint density at radius 3 is 2.13 bits per heavy atom. The van der Waals surface area contributed by atoms with Crippen molar-refractivity contribution in [1.82, 2.24) is 4.90 Å². The van der Waals surface area contributed by atoms with Crippen LogP contribution < -0.4 is 0 Å². The van der Waals surface area contributed by atoms with Crippen LogP contribution in [0.5, 0.6) is 0 Å². The highest BCUT2D eigenvalue weighted by Gasteiger charge is 2.20. The van der Waals surface area contributed by atoms with E-state index in [0.717, 1.165) is 25.7 Å². The van der Waals surface area contributed by atoms with Gasteiger partial charge in [0, 0.05) is 13.5 Å². The second-order valence-electron chi connectivity index (χ2n) is 8.32. The Hall–Kier alpha value is -2.04. The van der Waals surface area contributed by atoms with Crippen molar-refractivity contribution in [3.05, 3.63) is 36.3 Å². The highest BCUT2D eigenvalue weighted by molar-refractivity contribution is 5.86. The molecular formula is C26H43NO4. The third-order valence-corrected chi connectivity index (χ3v) is 5.59. The molecule has 0 aliphatic rings. The molecule has 1 aromatic heterocycles. The van der Waals surface area contributed by atoms with Gasteiger partial charge in [0.2, 0.25) is 11.7 Å². The molecule has 0 spiro atoms. The zero-order chi connectivity index (χ0) is 22.7. The van der Waals surface area contributed by atoms with Gasteiger partial charge < -0.3 is 14.1 Å². The fourth-order valence-electron chi connectivity index (χ4n) is 3.41. The number of hydrogen-bond donors (Lipinski definition) is 0. The number of hydrogen-bond acceptors (Lipinski definition) is 4. The van der Waals surface area contributed by atoms with Crippen LogP contribution in [-0.4, -0.2) is 30.1 Å². The van der Waals surface area contributed by atoms with E-state index in [1.807, 2.05) is 0 Å². The van der Waals surface area contributed by atoms with Gasteiger partial charge in [-0.25, -0.2) is 4.79 Å². The molecule has 176 valence electrons. The minimum absolute atomic E-state index is 0.00243. The molecule has 1 unspecified atom stereocenters. The van der Waals surface area contributed by atoms with Crippen molar-refractivity contribution in [2.24, 2.45) is 0 Å². The van der Waals surface area contributed by atoms with Gasteiger partial charge in [-0.3, -0.25) is 4.79 Å². The zero-order valence-electron chi connectivity index (χ0n) is 19.9. The summed E-state index contributed by atoms with van der Waals surface area (Å²) in [7, 11) is 1.67. The van der Waals surface area contributed by atoms with Crippen LogP contribution in [-0.2, 0) is 9.53 Å². The molecule has 0 aliphatic carbocycles. The Morgan fingerprint density at radius 2 is 1.55 bits per heavy atom. The van der Waals surface area contributed by atoms with Crippen LogP contribution >= 0.6 is 0 Å². The Labute approximate surface area is 189 Å². The predicted octanol–water partition coefficient (Wildman–Crippen LogP) is 7.28. The van der Waals surface area contributed by atoms with Crippen LogP contribution in [0, 0.1) is 0 Å². The number of allylic oxidation sites excluding steroid dienone is 2. The first-order valence-corrected chi connectivity index (χ1v) is 12.2. The van der Waals surface area contributed by atoms with Gasteiger partial charge in [0.05, 0.1) is 6.26 Å². The maximum atomic E-state index is 12.3. The summed E-state index contributed by atoms with van der Waals surface area (Å²) in [6.45, 7) is 3.95. The van der Waals surface area contributed by atoms with Crippen LogP contribution in [0.1, 0.15) is 114 Å². The predicted molar refractivity (Wildman–Crippen MR) is 126 cm³/mol. The van der Waals surface area contributed by atoms with E-state index in [4.69, 9.17) is 9.15 Å². The average Bonchev–Trinajstić information content (AvgIpc) is 3.30. The molecule has 1 amide bonds. The quantitative estimate of drug-likeness (QED) is 0.106. The lowest BCUT2D eigenvalue weighted by Crippen LogP contribution is -2.38. The number of ether oxygens (including phenoxy) is 1. The summed E-state index contributed by atoms with van der Waals surface area (Å²) in [6.07, 6.45) is 22.0. The number of carbonyl (C=O) groups excluding carboxylic acids is 2. The molecule has 0 radical (unpaired) electrons. The summed E-state index contributed by atoms with van der Waals surface area (Å²) >= 11 is 0. The van der Waals surface area contributed by atoms with Crippen LogP contribution in [0.25, 0.3) is 0 Å². The number of nitrogens with zero attached hydrogens (tertiary/aromatic N) is 1. The van der Waals surface area contributed by atoms with Gasteiger partial charge in [-0.15, -0.1) is 0 Å². The molecule has 0 N–H and O–H groups in total. The van der Waals surface area contributed by atoms with Crippen molar-refractivity contribution in [2.45, 2.75) is 110 Å². The van der Waals surface area contributed by atoms with Crippen molar-refractivity contribution in [3.8, 4) is 0 Å². The van der Waals surface area contributed by atoms with E-state index in [-0.39, 0.29) is 11.7 Å². The van der Waals surface area contributed by atoms with Crippen LogP contribution in [0.3, 0.4) is 0 Å². The molecule has 1 atom stereocenters. The van der Waals surface area contributed by atoms with Crippen LogP contribution in [0.2, 0.25) is 0 Å². The topological polar surface area (TPSA) is 59.8 Å². The molecule has 0 fully saturated rings. The first-order valence-electron chi connectivity index (χ1n) is 12.2. The Bertz CT molecular complexity index is 609. The number of carbonyl (C=O) groups is 2. The van der Waals surface area contributed by atoms with Crippen molar-refractivity contribution in [2.75, 3.05) is 7.05 Å². The highest BCUT2D eigenvalue weighted by atomic mass is 16.6.